The molecular weight excluding hydrogens is 433 g/mol. The summed E-state index contributed by atoms with van der Waals surface area (Å²) in [6.45, 7) is 0. The Labute approximate surface area is 190 Å². The largest absolute Gasteiger partial charge is 0.497 e. The van der Waals surface area contributed by atoms with Crippen molar-refractivity contribution in [1.82, 2.24) is 9.97 Å². The summed E-state index contributed by atoms with van der Waals surface area (Å²) in [6.07, 6.45) is 1.73. The van der Waals surface area contributed by atoms with Crippen LogP contribution in [0.4, 0.5) is 36.3 Å². The Kier molecular flexibility index (Phi) is 6.86. The third kappa shape index (κ3) is 6.06. The number of methoxy groups -OCH3 is 1. The topological polar surface area (TPSA) is 68.3 Å². The molecule has 1 heterocycles. The maximum atomic E-state index is 13.6. The van der Waals surface area contributed by atoms with Crippen LogP contribution < -0.4 is 20.1 Å². The minimum atomic E-state index is -4.61. The second-order valence-corrected chi connectivity index (χ2v) is 7.84. The summed E-state index contributed by atoms with van der Waals surface area (Å²) in [5.74, 6) is 0.964. The molecule has 0 aliphatic heterocycles. The van der Waals surface area contributed by atoms with Gasteiger partial charge in [-0.3, -0.25) is 0 Å². The van der Waals surface area contributed by atoms with Crippen LogP contribution in [0.15, 0.2) is 54.7 Å². The Hall–Kier alpha value is -3.49. The van der Waals surface area contributed by atoms with Crippen LogP contribution in [0, 0.1) is 0 Å². The number of anilines is 4. The molecule has 0 amide bonds. The molecule has 9 heteroatoms. The van der Waals surface area contributed by atoms with Gasteiger partial charge in [-0.2, -0.15) is 18.2 Å². The fraction of sp³-hybridized carbons (Fsp3) is 0.333. The summed E-state index contributed by atoms with van der Waals surface area (Å²) in [5.41, 5.74) is 0.105. The van der Waals surface area contributed by atoms with Crippen molar-refractivity contribution in [3.8, 4) is 11.5 Å². The molecule has 1 aliphatic carbocycles. The van der Waals surface area contributed by atoms with Crippen molar-refractivity contribution >= 4 is 23.1 Å². The van der Waals surface area contributed by atoms with Crippen LogP contribution in [-0.2, 0) is 6.18 Å². The van der Waals surface area contributed by atoms with Crippen LogP contribution in [0.5, 0.6) is 11.5 Å². The van der Waals surface area contributed by atoms with Gasteiger partial charge in [0.05, 0.1) is 13.2 Å². The van der Waals surface area contributed by atoms with E-state index >= 15 is 0 Å². The normalized spacial score (nSPS) is 14.5. The molecule has 0 spiro atoms. The lowest BCUT2D eigenvalue weighted by Crippen LogP contribution is -2.19. The van der Waals surface area contributed by atoms with E-state index in [2.05, 4.69) is 20.6 Å². The number of benzene rings is 2. The highest BCUT2D eigenvalue weighted by molar-refractivity contribution is 5.64. The minimum Gasteiger partial charge on any atom is -0.497 e. The molecule has 4 rings (SSSR count). The molecule has 0 radical (unpaired) electrons. The number of nitrogens with one attached hydrogen (secondary N) is 2. The van der Waals surface area contributed by atoms with Gasteiger partial charge in [0.25, 0.3) is 0 Å². The lowest BCUT2D eigenvalue weighted by molar-refractivity contribution is -0.137. The van der Waals surface area contributed by atoms with Crippen molar-refractivity contribution in [2.24, 2.45) is 0 Å². The Morgan fingerprint density at radius 3 is 2.36 bits per heavy atom. The fourth-order valence-electron chi connectivity index (χ4n) is 3.71. The Morgan fingerprint density at radius 1 is 0.909 bits per heavy atom. The average molecular weight is 458 g/mol. The molecular formula is C24H25F3N4O2. The van der Waals surface area contributed by atoms with E-state index in [1.807, 2.05) is 0 Å². The summed E-state index contributed by atoms with van der Waals surface area (Å²) in [4.78, 5) is 7.93. The SMILES string of the molecule is COc1ccc(Nc2ncc(C(F)(F)F)c(Nc3cccc(OC4CCCCC4)c3)n2)cc1. The minimum absolute atomic E-state index is 0.0327. The van der Waals surface area contributed by atoms with Crippen molar-refractivity contribution < 1.29 is 22.6 Å². The molecule has 0 bridgehead atoms. The van der Waals surface area contributed by atoms with Gasteiger partial charge in [-0.25, -0.2) is 4.98 Å². The molecule has 3 aromatic rings. The Bertz CT molecular complexity index is 1070. The van der Waals surface area contributed by atoms with Crippen molar-refractivity contribution in [2.45, 2.75) is 44.4 Å². The zero-order valence-corrected chi connectivity index (χ0v) is 18.2. The fourth-order valence-corrected chi connectivity index (χ4v) is 3.71. The van der Waals surface area contributed by atoms with Gasteiger partial charge in [0.1, 0.15) is 22.9 Å². The number of rotatable bonds is 7. The molecule has 1 saturated carbocycles. The maximum absolute atomic E-state index is 13.6. The zero-order valence-electron chi connectivity index (χ0n) is 18.2. The first-order valence-electron chi connectivity index (χ1n) is 10.8. The monoisotopic (exact) mass is 458 g/mol. The van der Waals surface area contributed by atoms with Gasteiger partial charge in [0.2, 0.25) is 5.95 Å². The highest BCUT2D eigenvalue weighted by atomic mass is 19.4. The number of nitrogens with zero attached hydrogens (tertiary/aromatic N) is 2. The van der Waals surface area contributed by atoms with E-state index in [-0.39, 0.29) is 17.9 Å². The molecule has 33 heavy (non-hydrogen) atoms. The van der Waals surface area contributed by atoms with Crippen LogP contribution in [0.1, 0.15) is 37.7 Å². The van der Waals surface area contributed by atoms with E-state index in [0.29, 0.717) is 22.9 Å². The van der Waals surface area contributed by atoms with Crippen molar-refractivity contribution in [2.75, 3.05) is 17.7 Å². The van der Waals surface area contributed by atoms with Gasteiger partial charge in [-0.15, -0.1) is 0 Å². The molecule has 0 atom stereocenters. The van der Waals surface area contributed by atoms with Crippen molar-refractivity contribution in [3.63, 3.8) is 0 Å². The van der Waals surface area contributed by atoms with E-state index in [1.54, 1.807) is 55.6 Å². The van der Waals surface area contributed by atoms with Gasteiger partial charge in [-0.1, -0.05) is 12.5 Å². The number of halogens is 3. The van der Waals surface area contributed by atoms with Crippen LogP contribution in [0.25, 0.3) is 0 Å². The standard InChI is InChI=1S/C24H25F3N4O2/c1-32-18-12-10-16(11-13-18)30-23-28-15-21(24(25,26)27)22(31-23)29-17-6-5-9-20(14-17)33-19-7-3-2-4-8-19/h5-6,9-15,19H,2-4,7-8H2,1H3,(H2,28,29,30,31). The molecule has 1 aliphatic rings. The summed E-state index contributed by atoms with van der Waals surface area (Å²) >= 11 is 0. The van der Waals surface area contributed by atoms with Crippen LogP contribution in [0.2, 0.25) is 0 Å². The van der Waals surface area contributed by atoms with Gasteiger partial charge in [0.15, 0.2) is 0 Å². The maximum Gasteiger partial charge on any atom is 0.421 e. The molecule has 0 saturated heterocycles. The van der Waals surface area contributed by atoms with Crippen molar-refractivity contribution in [3.05, 3.63) is 60.3 Å². The highest BCUT2D eigenvalue weighted by Gasteiger charge is 2.35. The van der Waals surface area contributed by atoms with E-state index in [9.17, 15) is 13.2 Å². The Morgan fingerprint density at radius 2 is 1.67 bits per heavy atom. The second-order valence-electron chi connectivity index (χ2n) is 7.84. The number of hydrogen-bond acceptors (Lipinski definition) is 6. The summed E-state index contributed by atoms with van der Waals surface area (Å²) < 4.78 is 52.0. The van der Waals surface area contributed by atoms with Gasteiger partial charge in [0, 0.05) is 23.6 Å². The third-order valence-electron chi connectivity index (χ3n) is 5.39. The predicted molar refractivity (Wildman–Crippen MR) is 121 cm³/mol. The van der Waals surface area contributed by atoms with E-state index in [0.717, 1.165) is 31.9 Å². The summed E-state index contributed by atoms with van der Waals surface area (Å²) in [7, 11) is 1.55. The van der Waals surface area contributed by atoms with Crippen LogP contribution in [-0.4, -0.2) is 23.2 Å². The van der Waals surface area contributed by atoms with E-state index in [1.165, 1.54) is 6.42 Å². The van der Waals surface area contributed by atoms with E-state index in [4.69, 9.17) is 9.47 Å². The van der Waals surface area contributed by atoms with Gasteiger partial charge >= 0.3 is 6.18 Å². The quantitative estimate of drug-likeness (QED) is 0.411. The smallest absolute Gasteiger partial charge is 0.421 e. The second kappa shape index (κ2) is 9.97. The first-order chi connectivity index (χ1) is 15.9. The van der Waals surface area contributed by atoms with Crippen molar-refractivity contribution in [1.29, 1.82) is 0 Å². The summed E-state index contributed by atoms with van der Waals surface area (Å²) in [6, 6.07) is 13.8. The first-order valence-corrected chi connectivity index (χ1v) is 10.8. The molecule has 1 aromatic heterocycles. The van der Waals surface area contributed by atoms with Gasteiger partial charge < -0.3 is 20.1 Å². The molecule has 0 unspecified atom stereocenters. The third-order valence-corrected chi connectivity index (χ3v) is 5.39. The van der Waals surface area contributed by atoms with Crippen LogP contribution in [0.3, 0.4) is 0 Å². The summed E-state index contributed by atoms with van der Waals surface area (Å²) in [5, 5.41) is 5.71. The first kappa shape index (κ1) is 22.7. The number of ether oxygens (including phenoxy) is 2. The lowest BCUT2D eigenvalue weighted by Gasteiger charge is -2.23. The van der Waals surface area contributed by atoms with Crippen LogP contribution >= 0.6 is 0 Å². The number of aromatic nitrogens is 2. The molecule has 174 valence electrons. The molecule has 2 aromatic carbocycles. The highest BCUT2D eigenvalue weighted by Crippen LogP contribution is 2.36. The molecule has 6 nitrogen and oxygen atoms in total. The van der Waals surface area contributed by atoms with E-state index < -0.39 is 11.7 Å². The van der Waals surface area contributed by atoms with Gasteiger partial charge in [-0.05, 0) is 62.1 Å². The Balaban J connectivity index is 1.55. The average Bonchev–Trinajstić information content (AvgIpc) is 2.80. The molecule has 1 fully saturated rings. The predicted octanol–water partition coefficient (Wildman–Crippen LogP) is 6.70. The molecule has 2 N–H and O–H groups in total. The zero-order chi connectivity index (χ0) is 23.3. The number of alkyl halides is 3. The lowest BCUT2D eigenvalue weighted by atomic mass is 9.98. The number of hydrogen-bond donors (Lipinski definition) is 2.